The van der Waals surface area contributed by atoms with Crippen molar-refractivity contribution in [1.82, 2.24) is 0 Å². The van der Waals surface area contributed by atoms with E-state index in [0.717, 1.165) is 21.3 Å². The molecule has 0 aromatic heterocycles. The second kappa shape index (κ2) is 5.81. The SMILES string of the molecule is Cc1cc(Br)cc(C)c1Nc1cccc(Cl)c1[N+](=O)[O-]. The van der Waals surface area contributed by atoms with Crippen LogP contribution in [0.1, 0.15) is 11.1 Å². The summed E-state index contributed by atoms with van der Waals surface area (Å²) in [4.78, 5) is 10.7. The normalized spacial score (nSPS) is 10.4. The maximum Gasteiger partial charge on any atom is 0.311 e. The number of nitro benzene ring substituents is 1. The summed E-state index contributed by atoms with van der Waals surface area (Å²) in [6, 6.07) is 8.73. The number of nitrogens with one attached hydrogen (secondary N) is 1. The van der Waals surface area contributed by atoms with Gasteiger partial charge in [0.2, 0.25) is 0 Å². The molecule has 2 aromatic carbocycles. The second-order valence-corrected chi connectivity index (χ2v) is 5.76. The van der Waals surface area contributed by atoms with Gasteiger partial charge in [-0.2, -0.15) is 0 Å². The number of rotatable bonds is 3. The number of halogens is 2. The highest BCUT2D eigenvalue weighted by molar-refractivity contribution is 9.10. The van der Waals surface area contributed by atoms with Crippen LogP contribution in [0.25, 0.3) is 0 Å². The van der Waals surface area contributed by atoms with Crippen LogP contribution in [-0.2, 0) is 0 Å². The standard InChI is InChI=1S/C14H12BrClN2O2/c1-8-6-10(15)7-9(2)13(8)17-12-5-3-4-11(16)14(12)18(19)20/h3-7,17H,1-2H3. The molecule has 1 N–H and O–H groups in total. The summed E-state index contributed by atoms with van der Waals surface area (Å²) in [7, 11) is 0. The molecule has 2 aromatic rings. The average Bonchev–Trinajstić information content (AvgIpc) is 2.33. The summed E-state index contributed by atoms with van der Waals surface area (Å²) in [6.45, 7) is 3.88. The van der Waals surface area contributed by atoms with Gasteiger partial charge < -0.3 is 5.32 Å². The lowest BCUT2D eigenvalue weighted by molar-refractivity contribution is -0.383. The molecule has 4 nitrogen and oxygen atoms in total. The minimum atomic E-state index is -0.478. The number of nitro groups is 1. The Kier molecular flexibility index (Phi) is 4.30. The zero-order chi connectivity index (χ0) is 14.9. The van der Waals surface area contributed by atoms with Crippen LogP contribution < -0.4 is 5.32 Å². The third-order valence-electron chi connectivity index (χ3n) is 2.93. The van der Waals surface area contributed by atoms with Crippen molar-refractivity contribution in [3.8, 4) is 0 Å². The Morgan fingerprint density at radius 2 is 1.85 bits per heavy atom. The van der Waals surface area contributed by atoms with E-state index in [4.69, 9.17) is 11.6 Å². The van der Waals surface area contributed by atoms with Crippen LogP contribution in [0.5, 0.6) is 0 Å². The number of aryl methyl sites for hydroxylation is 2. The number of nitrogens with zero attached hydrogens (tertiary/aromatic N) is 1. The number of hydrogen-bond donors (Lipinski definition) is 1. The van der Waals surface area contributed by atoms with Gasteiger partial charge in [0.05, 0.1) is 4.92 Å². The minimum Gasteiger partial charge on any atom is -0.349 e. The average molecular weight is 356 g/mol. The van der Waals surface area contributed by atoms with Crippen LogP contribution in [0.2, 0.25) is 5.02 Å². The summed E-state index contributed by atoms with van der Waals surface area (Å²) >= 11 is 9.33. The number of para-hydroxylation sites is 1. The van der Waals surface area contributed by atoms with Gasteiger partial charge in [0.15, 0.2) is 0 Å². The molecule has 0 saturated carbocycles. The quantitative estimate of drug-likeness (QED) is 0.594. The Labute approximate surface area is 130 Å². The van der Waals surface area contributed by atoms with Crippen LogP contribution in [0.15, 0.2) is 34.8 Å². The molecule has 0 unspecified atom stereocenters. The fourth-order valence-electron chi connectivity index (χ4n) is 2.04. The van der Waals surface area contributed by atoms with Crippen LogP contribution in [-0.4, -0.2) is 4.92 Å². The molecule has 0 amide bonds. The summed E-state index contributed by atoms with van der Waals surface area (Å²) in [6.07, 6.45) is 0. The first-order chi connectivity index (χ1) is 9.40. The van der Waals surface area contributed by atoms with Crippen molar-refractivity contribution in [3.63, 3.8) is 0 Å². The minimum absolute atomic E-state index is 0.115. The van der Waals surface area contributed by atoms with E-state index in [1.165, 1.54) is 6.07 Å². The zero-order valence-corrected chi connectivity index (χ0v) is 13.2. The van der Waals surface area contributed by atoms with E-state index >= 15 is 0 Å². The summed E-state index contributed by atoms with van der Waals surface area (Å²) < 4.78 is 0.971. The number of benzene rings is 2. The van der Waals surface area contributed by atoms with Crippen LogP contribution in [0.4, 0.5) is 17.1 Å². The summed E-state index contributed by atoms with van der Waals surface area (Å²) in [5.41, 5.74) is 3.10. The molecule has 0 radical (unpaired) electrons. The van der Waals surface area contributed by atoms with E-state index in [9.17, 15) is 10.1 Å². The second-order valence-electron chi connectivity index (χ2n) is 4.43. The molecule has 2 rings (SSSR count). The van der Waals surface area contributed by atoms with Gasteiger partial charge in [0.1, 0.15) is 10.7 Å². The lowest BCUT2D eigenvalue weighted by Gasteiger charge is -2.14. The van der Waals surface area contributed by atoms with Gasteiger partial charge in [-0.15, -0.1) is 0 Å². The van der Waals surface area contributed by atoms with Crippen molar-refractivity contribution in [1.29, 1.82) is 0 Å². The van der Waals surface area contributed by atoms with Gasteiger partial charge in [0, 0.05) is 10.2 Å². The Bertz CT molecular complexity index is 666. The molecule has 0 atom stereocenters. The van der Waals surface area contributed by atoms with Crippen molar-refractivity contribution < 1.29 is 4.92 Å². The molecule has 0 heterocycles. The summed E-state index contributed by atoms with van der Waals surface area (Å²) in [5, 5.41) is 14.4. The largest absolute Gasteiger partial charge is 0.349 e. The lowest BCUT2D eigenvalue weighted by Crippen LogP contribution is -2.00. The van der Waals surface area contributed by atoms with E-state index in [1.54, 1.807) is 12.1 Å². The fraction of sp³-hybridized carbons (Fsp3) is 0.143. The predicted octanol–water partition coefficient (Wildman–Crippen LogP) is 5.37. The van der Waals surface area contributed by atoms with Crippen molar-refractivity contribution in [2.45, 2.75) is 13.8 Å². The molecule has 0 fully saturated rings. The molecular weight excluding hydrogens is 344 g/mol. The lowest BCUT2D eigenvalue weighted by atomic mass is 10.1. The van der Waals surface area contributed by atoms with Gasteiger partial charge in [-0.3, -0.25) is 10.1 Å². The molecule has 104 valence electrons. The summed E-state index contributed by atoms with van der Waals surface area (Å²) in [5.74, 6) is 0. The van der Waals surface area contributed by atoms with Crippen molar-refractivity contribution >= 4 is 44.6 Å². The van der Waals surface area contributed by atoms with Gasteiger partial charge >= 0.3 is 5.69 Å². The third kappa shape index (κ3) is 2.94. The van der Waals surface area contributed by atoms with Gasteiger partial charge in [-0.1, -0.05) is 33.6 Å². The van der Waals surface area contributed by atoms with E-state index in [2.05, 4.69) is 21.2 Å². The van der Waals surface area contributed by atoms with Crippen molar-refractivity contribution in [2.24, 2.45) is 0 Å². The maximum atomic E-state index is 11.1. The highest BCUT2D eigenvalue weighted by atomic mass is 79.9. The number of hydrogen-bond acceptors (Lipinski definition) is 3. The molecular formula is C14H12BrClN2O2. The predicted molar refractivity (Wildman–Crippen MR) is 85.0 cm³/mol. The zero-order valence-electron chi connectivity index (χ0n) is 10.9. The Morgan fingerprint density at radius 3 is 2.40 bits per heavy atom. The Morgan fingerprint density at radius 1 is 1.25 bits per heavy atom. The third-order valence-corrected chi connectivity index (χ3v) is 3.69. The highest BCUT2D eigenvalue weighted by Gasteiger charge is 2.19. The van der Waals surface area contributed by atoms with E-state index in [-0.39, 0.29) is 10.7 Å². The topological polar surface area (TPSA) is 55.2 Å². The first kappa shape index (κ1) is 14.8. The molecule has 0 aliphatic rings. The molecule has 0 saturated heterocycles. The van der Waals surface area contributed by atoms with E-state index in [1.807, 2.05) is 26.0 Å². The van der Waals surface area contributed by atoms with Crippen LogP contribution in [0, 0.1) is 24.0 Å². The number of anilines is 2. The Hall–Kier alpha value is -1.59. The van der Waals surface area contributed by atoms with Gasteiger partial charge in [-0.05, 0) is 49.2 Å². The molecule has 0 aliphatic heterocycles. The monoisotopic (exact) mass is 354 g/mol. The van der Waals surface area contributed by atoms with Crippen LogP contribution >= 0.6 is 27.5 Å². The molecule has 0 spiro atoms. The molecule has 6 heteroatoms. The van der Waals surface area contributed by atoms with Crippen molar-refractivity contribution in [3.05, 3.63) is 61.1 Å². The first-order valence-electron chi connectivity index (χ1n) is 5.87. The smallest absolute Gasteiger partial charge is 0.311 e. The van der Waals surface area contributed by atoms with Gasteiger partial charge in [0.25, 0.3) is 0 Å². The first-order valence-corrected chi connectivity index (χ1v) is 7.04. The maximum absolute atomic E-state index is 11.1. The fourth-order valence-corrected chi connectivity index (χ4v) is 2.97. The Balaban J connectivity index is 2.51. The highest BCUT2D eigenvalue weighted by Crippen LogP contribution is 2.36. The van der Waals surface area contributed by atoms with E-state index < -0.39 is 4.92 Å². The molecule has 0 bridgehead atoms. The van der Waals surface area contributed by atoms with Crippen molar-refractivity contribution in [2.75, 3.05) is 5.32 Å². The van der Waals surface area contributed by atoms with Gasteiger partial charge in [-0.25, -0.2) is 0 Å². The molecule has 0 aliphatic carbocycles. The van der Waals surface area contributed by atoms with E-state index in [0.29, 0.717) is 5.69 Å². The van der Waals surface area contributed by atoms with Crippen LogP contribution in [0.3, 0.4) is 0 Å². The molecule has 20 heavy (non-hydrogen) atoms.